The molecule has 0 bridgehead atoms. The van der Waals surface area contributed by atoms with Gasteiger partial charge in [-0.2, -0.15) is 0 Å². The predicted molar refractivity (Wildman–Crippen MR) is 106 cm³/mol. The van der Waals surface area contributed by atoms with E-state index in [1.807, 2.05) is 13.0 Å². The van der Waals surface area contributed by atoms with Crippen LogP contribution in [0.1, 0.15) is 32.0 Å². The lowest BCUT2D eigenvalue weighted by Crippen LogP contribution is -2.38. The summed E-state index contributed by atoms with van der Waals surface area (Å²) in [7, 11) is 0. The average Bonchev–Trinajstić information content (AvgIpc) is 2.99. The molecule has 6 heteroatoms. The molecule has 1 unspecified atom stereocenters. The summed E-state index contributed by atoms with van der Waals surface area (Å²) in [5.41, 5.74) is 4.35. The fourth-order valence-corrected chi connectivity index (χ4v) is 3.50. The summed E-state index contributed by atoms with van der Waals surface area (Å²) in [6.45, 7) is 5.35. The Kier molecular flexibility index (Phi) is 6.03. The summed E-state index contributed by atoms with van der Waals surface area (Å²) in [4.78, 5) is 15.4. The molecule has 0 radical (unpaired) electrons. The van der Waals surface area contributed by atoms with Gasteiger partial charge in [-0.1, -0.05) is 30.3 Å². The lowest BCUT2D eigenvalue weighted by molar-refractivity contribution is 0.482. The van der Waals surface area contributed by atoms with E-state index in [-0.39, 0.29) is 17.9 Å². The molecular formula is C19H25ClN4O. The van der Waals surface area contributed by atoms with Crippen molar-refractivity contribution >= 4 is 29.3 Å². The van der Waals surface area contributed by atoms with Gasteiger partial charge < -0.3 is 15.4 Å². The van der Waals surface area contributed by atoms with E-state index in [1.165, 1.54) is 24.8 Å². The minimum absolute atomic E-state index is 0. The number of H-pyrrole nitrogens is 1. The van der Waals surface area contributed by atoms with Crippen molar-refractivity contribution in [3.63, 3.8) is 0 Å². The van der Waals surface area contributed by atoms with Crippen LogP contribution in [0, 0.1) is 6.92 Å². The molecular weight excluding hydrogens is 336 g/mol. The Hall–Kier alpha value is -2.11. The fraction of sp³-hybridized carbons (Fsp3) is 0.368. The zero-order valence-electron chi connectivity index (χ0n) is 14.6. The third-order valence-electron chi connectivity index (χ3n) is 4.73. The number of aryl methyl sites for hydroxylation is 1. The van der Waals surface area contributed by atoms with Crippen LogP contribution >= 0.6 is 12.4 Å². The Labute approximate surface area is 154 Å². The van der Waals surface area contributed by atoms with E-state index in [4.69, 9.17) is 4.98 Å². The van der Waals surface area contributed by atoms with Gasteiger partial charge in [0.05, 0.1) is 5.52 Å². The maximum Gasteiger partial charge on any atom is 0.157 e. The van der Waals surface area contributed by atoms with E-state index in [1.54, 1.807) is 0 Å². The summed E-state index contributed by atoms with van der Waals surface area (Å²) >= 11 is 0. The molecule has 1 atom stereocenters. The molecule has 1 aliphatic heterocycles. The van der Waals surface area contributed by atoms with Crippen molar-refractivity contribution in [3.8, 4) is 11.3 Å². The molecule has 1 aromatic carbocycles. The first-order valence-corrected chi connectivity index (χ1v) is 8.42. The van der Waals surface area contributed by atoms with Crippen LogP contribution in [-0.2, 0) is 0 Å². The smallest absolute Gasteiger partial charge is 0.157 e. The van der Waals surface area contributed by atoms with Crippen LogP contribution in [0.4, 0.5) is 5.82 Å². The molecule has 0 amide bonds. The summed E-state index contributed by atoms with van der Waals surface area (Å²) < 4.78 is 0. The molecule has 2 aromatic heterocycles. The first-order valence-electron chi connectivity index (χ1n) is 8.42. The number of anilines is 1. The van der Waals surface area contributed by atoms with Gasteiger partial charge in [0.1, 0.15) is 11.3 Å². The van der Waals surface area contributed by atoms with Gasteiger partial charge in [0.15, 0.2) is 5.82 Å². The number of rotatable bonds is 2. The minimum Gasteiger partial charge on any atom is -0.412 e. The lowest BCUT2D eigenvalue weighted by atomic mass is 10.0. The van der Waals surface area contributed by atoms with Crippen LogP contribution in [0.25, 0.3) is 22.3 Å². The number of benzene rings is 1. The van der Waals surface area contributed by atoms with Crippen LogP contribution in [0.5, 0.6) is 0 Å². The topological polar surface area (TPSA) is 76.3 Å². The molecule has 1 fully saturated rings. The molecule has 1 aliphatic rings. The Morgan fingerprint density at radius 3 is 2.60 bits per heavy atom. The van der Waals surface area contributed by atoms with Crippen molar-refractivity contribution in [2.45, 2.75) is 39.2 Å². The van der Waals surface area contributed by atoms with E-state index in [0.29, 0.717) is 6.04 Å². The Balaban J connectivity index is 0.00000113. The highest BCUT2D eigenvalue weighted by molar-refractivity contribution is 5.91. The fourth-order valence-electron chi connectivity index (χ4n) is 3.50. The SMILES string of the molecule is Cc1nc(N2CCCCC2C)c2[nH]c(-c3ccccc3)cc2n1.Cl.O. The van der Waals surface area contributed by atoms with E-state index < -0.39 is 0 Å². The number of aromatic nitrogens is 3. The molecule has 5 nitrogen and oxygen atoms in total. The second-order valence-corrected chi connectivity index (χ2v) is 6.44. The van der Waals surface area contributed by atoms with Crippen molar-refractivity contribution in [2.75, 3.05) is 11.4 Å². The van der Waals surface area contributed by atoms with Gasteiger partial charge in [0, 0.05) is 18.3 Å². The predicted octanol–water partition coefficient (Wildman–Crippen LogP) is 3.91. The summed E-state index contributed by atoms with van der Waals surface area (Å²) in [6.07, 6.45) is 3.78. The molecule has 3 heterocycles. The number of halogens is 1. The molecule has 1 saturated heterocycles. The van der Waals surface area contributed by atoms with Crippen molar-refractivity contribution in [2.24, 2.45) is 0 Å². The largest absolute Gasteiger partial charge is 0.412 e. The number of piperidine rings is 1. The van der Waals surface area contributed by atoms with Gasteiger partial charge in [0.2, 0.25) is 0 Å². The molecule has 25 heavy (non-hydrogen) atoms. The highest BCUT2D eigenvalue weighted by Gasteiger charge is 2.23. The highest BCUT2D eigenvalue weighted by atomic mass is 35.5. The molecule has 3 aromatic rings. The van der Waals surface area contributed by atoms with Crippen molar-refractivity contribution < 1.29 is 5.48 Å². The summed E-state index contributed by atoms with van der Waals surface area (Å²) in [5.74, 6) is 1.89. The van der Waals surface area contributed by atoms with Crippen molar-refractivity contribution in [1.82, 2.24) is 15.0 Å². The monoisotopic (exact) mass is 360 g/mol. The second kappa shape index (κ2) is 7.85. The number of aromatic amines is 1. The van der Waals surface area contributed by atoms with Crippen molar-refractivity contribution in [1.29, 1.82) is 0 Å². The molecule has 0 aliphatic carbocycles. The third-order valence-corrected chi connectivity index (χ3v) is 4.73. The van der Waals surface area contributed by atoms with Crippen molar-refractivity contribution in [3.05, 3.63) is 42.2 Å². The lowest BCUT2D eigenvalue weighted by Gasteiger charge is -2.34. The number of fused-ring (bicyclic) bond motifs is 1. The van der Waals surface area contributed by atoms with E-state index >= 15 is 0 Å². The second-order valence-electron chi connectivity index (χ2n) is 6.44. The van der Waals surface area contributed by atoms with Crippen LogP contribution in [-0.4, -0.2) is 33.0 Å². The first-order chi connectivity index (χ1) is 11.2. The van der Waals surface area contributed by atoms with Gasteiger partial charge in [-0.3, -0.25) is 0 Å². The van der Waals surface area contributed by atoms with Gasteiger partial charge >= 0.3 is 0 Å². The maximum atomic E-state index is 4.77. The zero-order valence-corrected chi connectivity index (χ0v) is 15.4. The molecule has 134 valence electrons. The number of nitrogens with zero attached hydrogens (tertiary/aromatic N) is 3. The Bertz CT molecular complexity index is 834. The quantitative estimate of drug-likeness (QED) is 0.752. The van der Waals surface area contributed by atoms with Gasteiger partial charge in [-0.25, -0.2) is 9.97 Å². The normalized spacial score (nSPS) is 17.0. The third kappa shape index (κ3) is 3.62. The maximum absolute atomic E-state index is 4.77. The van der Waals surface area contributed by atoms with Gasteiger partial charge in [-0.05, 0) is 44.7 Å². The van der Waals surface area contributed by atoms with Gasteiger partial charge in [0.25, 0.3) is 0 Å². The number of nitrogens with one attached hydrogen (secondary N) is 1. The molecule has 3 N–H and O–H groups in total. The van der Waals surface area contributed by atoms with E-state index in [9.17, 15) is 0 Å². The van der Waals surface area contributed by atoms with Crippen LogP contribution < -0.4 is 4.90 Å². The van der Waals surface area contributed by atoms with Crippen LogP contribution in [0.2, 0.25) is 0 Å². The Morgan fingerprint density at radius 1 is 1.12 bits per heavy atom. The van der Waals surface area contributed by atoms with E-state index in [2.05, 4.69) is 52.1 Å². The average molecular weight is 361 g/mol. The first kappa shape index (κ1) is 19.2. The zero-order chi connectivity index (χ0) is 15.8. The minimum atomic E-state index is 0. The molecule has 0 saturated carbocycles. The van der Waals surface area contributed by atoms with Crippen LogP contribution in [0.3, 0.4) is 0 Å². The number of hydrogen-bond acceptors (Lipinski definition) is 3. The Morgan fingerprint density at radius 2 is 1.88 bits per heavy atom. The van der Waals surface area contributed by atoms with Gasteiger partial charge in [-0.15, -0.1) is 12.4 Å². The highest BCUT2D eigenvalue weighted by Crippen LogP contribution is 2.31. The number of hydrogen-bond donors (Lipinski definition) is 1. The molecule has 4 rings (SSSR count). The van der Waals surface area contributed by atoms with E-state index in [0.717, 1.165) is 34.9 Å². The molecule has 0 spiro atoms. The summed E-state index contributed by atoms with van der Waals surface area (Å²) in [5, 5.41) is 0. The standard InChI is InChI=1S/C19H22N4.ClH.H2O/c1-13-8-6-7-11-23(13)19-18-17(20-14(2)21-19)12-16(22-18)15-9-4-3-5-10-15;;/h3-5,9-10,12-13,22H,6-8,11H2,1-2H3;1H;1H2. The van der Waals surface area contributed by atoms with Crippen LogP contribution in [0.15, 0.2) is 36.4 Å². The summed E-state index contributed by atoms with van der Waals surface area (Å²) in [6, 6.07) is 13.1.